The number of aliphatic carboxylic acids is 1. The molecule has 4 atom stereocenters. The first-order valence-electron chi connectivity index (χ1n) is 23.8. The Bertz CT molecular complexity index is 2190. The highest BCUT2D eigenvalue weighted by atomic mass is 19.1. The number of carboxylic acid groups (broad SMARTS) is 1. The van der Waals surface area contributed by atoms with E-state index in [1.165, 1.54) is 9.80 Å². The molecule has 18 nitrogen and oxygen atoms in total. The molecule has 0 unspecified atom stereocenters. The number of carbonyl (C=O) groups excluding carboxylic acids is 5. The Kier molecular flexibility index (Phi) is 22.8. The maximum Gasteiger partial charge on any atom is 0.305 e. The maximum atomic E-state index is 15.2. The normalized spacial score (nSPS) is 15.1. The molecule has 386 valence electrons. The first kappa shape index (κ1) is 56.8. The van der Waals surface area contributed by atoms with Crippen molar-refractivity contribution in [2.75, 3.05) is 72.4 Å². The van der Waals surface area contributed by atoms with Gasteiger partial charge in [-0.2, -0.15) is 0 Å². The van der Waals surface area contributed by atoms with Crippen molar-refractivity contribution in [2.45, 2.75) is 97.4 Å². The van der Waals surface area contributed by atoms with E-state index in [-0.39, 0.29) is 64.3 Å². The van der Waals surface area contributed by atoms with Crippen molar-refractivity contribution in [2.24, 2.45) is 17.1 Å². The Hall–Kier alpha value is -5.80. The lowest BCUT2D eigenvalue weighted by Crippen LogP contribution is -2.57. The van der Waals surface area contributed by atoms with Crippen molar-refractivity contribution in [3.8, 4) is 11.1 Å². The predicted octanol–water partition coefficient (Wildman–Crippen LogP) is 3.39. The molecule has 7 N–H and O–H groups in total. The lowest BCUT2D eigenvalue weighted by molar-refractivity contribution is -0.146. The third-order valence-electron chi connectivity index (χ3n) is 11.7. The number of aliphatic hydroxyl groups is 1. The smallest absolute Gasteiger partial charge is 0.305 e. The van der Waals surface area contributed by atoms with Crippen LogP contribution in [-0.4, -0.2) is 151 Å². The van der Waals surface area contributed by atoms with Gasteiger partial charge in [-0.3, -0.25) is 28.8 Å². The molecule has 0 bridgehead atoms. The minimum Gasteiger partial charge on any atom is -0.481 e. The molecule has 0 saturated carbocycles. The van der Waals surface area contributed by atoms with Gasteiger partial charge in [0.25, 0.3) is 0 Å². The monoisotopic (exact) mass is 984 g/mol. The summed E-state index contributed by atoms with van der Waals surface area (Å²) in [5.41, 5.74) is 6.69. The van der Waals surface area contributed by atoms with E-state index in [1.54, 1.807) is 26.1 Å². The van der Waals surface area contributed by atoms with Gasteiger partial charge in [-0.25, -0.2) is 8.78 Å². The summed E-state index contributed by atoms with van der Waals surface area (Å²) in [6, 6.07) is 10.2. The minimum absolute atomic E-state index is 0.00996. The number of nitrogens with zero attached hydrogens (tertiary/aromatic N) is 3. The lowest BCUT2D eigenvalue weighted by Gasteiger charge is -2.41. The van der Waals surface area contributed by atoms with Crippen LogP contribution >= 0.6 is 0 Å². The van der Waals surface area contributed by atoms with Crippen LogP contribution in [0.5, 0.6) is 0 Å². The van der Waals surface area contributed by atoms with E-state index in [0.29, 0.717) is 50.6 Å². The van der Waals surface area contributed by atoms with Gasteiger partial charge in [0.05, 0.1) is 52.1 Å². The standard InChI is InChI=1S/C50H71F2N7O11/c1-33(2)45(56-47(65)40-13-9-19-58(40)49(67)39(29-44(63)64)55-42(61)16-21-68-23-25-70-26-24-69-22-17-53)48(66)54-18-10-20-59(43(62)32-60)46(50(3,4)5)41-27-35(37-28-36(51)14-15-38(37)52)31-57(41)30-34-11-7-6-8-12-34/h6-8,11-12,14-15,27-28,31,33,39-40,45-46,60H,9-10,13,16-26,29-30,32,53H2,1-5H3,(H,54,66)(H,55,61)(H,56,65)(H,63,64)/t39-,40-,45-,46-/m0/s1. The number of carbonyl (C=O) groups is 6. The van der Waals surface area contributed by atoms with Crippen molar-refractivity contribution in [1.29, 1.82) is 0 Å². The van der Waals surface area contributed by atoms with Crippen molar-refractivity contribution in [3.63, 3.8) is 0 Å². The number of carboxylic acids is 1. The van der Waals surface area contributed by atoms with Gasteiger partial charge in [0, 0.05) is 62.2 Å². The van der Waals surface area contributed by atoms with Gasteiger partial charge in [-0.05, 0) is 60.4 Å². The molecule has 1 aliphatic rings. The van der Waals surface area contributed by atoms with Crippen molar-refractivity contribution in [1.82, 2.24) is 30.3 Å². The zero-order valence-electron chi connectivity index (χ0n) is 40.9. The zero-order valence-corrected chi connectivity index (χ0v) is 40.9. The fourth-order valence-electron chi connectivity index (χ4n) is 8.39. The molecule has 0 aliphatic carbocycles. The summed E-state index contributed by atoms with van der Waals surface area (Å²) in [5.74, 6) is -6.07. The number of rotatable bonds is 29. The average molecular weight is 984 g/mol. The highest BCUT2D eigenvalue weighted by Gasteiger charge is 2.40. The van der Waals surface area contributed by atoms with Gasteiger partial charge in [0.1, 0.15) is 36.4 Å². The summed E-state index contributed by atoms with van der Waals surface area (Å²) in [4.78, 5) is 82.3. The number of ether oxygens (including phenoxy) is 3. The summed E-state index contributed by atoms with van der Waals surface area (Å²) in [6.45, 7) is 11.1. The van der Waals surface area contributed by atoms with Crippen LogP contribution in [0.4, 0.5) is 8.78 Å². The molecule has 4 rings (SSSR count). The van der Waals surface area contributed by atoms with Gasteiger partial charge in [0.2, 0.25) is 29.5 Å². The second-order valence-corrected chi connectivity index (χ2v) is 18.6. The SMILES string of the molecule is CC(C)[C@H](NC(=O)[C@@H]1CCCN1C(=O)[C@H](CC(=O)O)NC(=O)CCOCCOCCOCCN)C(=O)NCCCN(C(=O)CO)[C@@H](c1cc(-c2cc(F)ccc2F)cn1Cc1ccccc1)C(C)(C)C. The molecule has 0 spiro atoms. The second-order valence-electron chi connectivity index (χ2n) is 18.6. The van der Waals surface area contributed by atoms with Crippen LogP contribution in [0.2, 0.25) is 0 Å². The van der Waals surface area contributed by atoms with Crippen LogP contribution in [0.3, 0.4) is 0 Å². The Morgan fingerprint density at radius 1 is 0.914 bits per heavy atom. The van der Waals surface area contributed by atoms with E-state index in [2.05, 4.69) is 16.0 Å². The molecule has 3 aromatic rings. The molecule has 1 aromatic heterocycles. The van der Waals surface area contributed by atoms with Gasteiger partial charge in [-0.1, -0.05) is 65.0 Å². The minimum atomic E-state index is -1.46. The van der Waals surface area contributed by atoms with Crippen molar-refractivity contribution >= 4 is 35.5 Å². The third kappa shape index (κ3) is 17.3. The average Bonchev–Trinajstić information content (AvgIpc) is 3.97. The highest BCUT2D eigenvalue weighted by Crippen LogP contribution is 2.41. The van der Waals surface area contributed by atoms with E-state index in [0.717, 1.165) is 23.8 Å². The van der Waals surface area contributed by atoms with Crippen molar-refractivity contribution < 1.29 is 62.0 Å². The first-order chi connectivity index (χ1) is 33.4. The molecule has 20 heteroatoms. The number of hydrogen-bond acceptors (Lipinski definition) is 11. The number of nitrogens with two attached hydrogens (primary N) is 1. The number of amides is 5. The van der Waals surface area contributed by atoms with Crippen LogP contribution < -0.4 is 21.7 Å². The quantitative estimate of drug-likeness (QED) is 0.0549. The third-order valence-corrected chi connectivity index (χ3v) is 11.7. The number of aliphatic hydroxyl groups excluding tert-OH is 1. The number of nitrogens with one attached hydrogen (secondary N) is 3. The molecule has 0 radical (unpaired) electrons. The van der Waals surface area contributed by atoms with Crippen molar-refractivity contribution in [3.05, 3.63) is 83.7 Å². The van der Waals surface area contributed by atoms with Crippen LogP contribution in [-0.2, 0) is 49.5 Å². The molecule has 2 heterocycles. The highest BCUT2D eigenvalue weighted by molar-refractivity contribution is 5.96. The molecule has 2 aromatic carbocycles. The first-order valence-corrected chi connectivity index (χ1v) is 23.8. The number of hydrogen-bond donors (Lipinski definition) is 6. The molecule has 1 fully saturated rings. The molecular formula is C50H71F2N7O11. The van der Waals surface area contributed by atoms with Gasteiger partial charge in [-0.15, -0.1) is 0 Å². The van der Waals surface area contributed by atoms with E-state index in [1.807, 2.05) is 55.7 Å². The summed E-state index contributed by atoms with van der Waals surface area (Å²) < 4.78 is 47.5. The van der Waals surface area contributed by atoms with Crippen LogP contribution in [0.1, 0.15) is 84.0 Å². The maximum absolute atomic E-state index is 15.2. The Morgan fingerprint density at radius 3 is 2.21 bits per heavy atom. The molecular weight excluding hydrogens is 913 g/mol. The number of aromatic nitrogens is 1. The number of halogens is 2. The van der Waals surface area contributed by atoms with E-state index in [9.17, 15) is 43.4 Å². The largest absolute Gasteiger partial charge is 0.481 e. The number of likely N-dealkylation sites (tertiary alicyclic amines) is 1. The molecule has 1 saturated heterocycles. The van der Waals surface area contributed by atoms with E-state index >= 15 is 4.39 Å². The summed E-state index contributed by atoms with van der Waals surface area (Å²) in [6.07, 6.45) is 1.72. The Morgan fingerprint density at radius 2 is 1.59 bits per heavy atom. The van der Waals surface area contributed by atoms with E-state index < -0.39 is 95.7 Å². The predicted molar refractivity (Wildman–Crippen MR) is 256 cm³/mol. The summed E-state index contributed by atoms with van der Waals surface area (Å²) in [5, 5.41) is 27.9. The molecule has 1 aliphatic heterocycles. The van der Waals surface area contributed by atoms with E-state index in [4.69, 9.17) is 19.9 Å². The lowest BCUT2D eigenvalue weighted by atomic mass is 9.83. The Labute approximate surface area is 408 Å². The van der Waals surface area contributed by atoms with Gasteiger partial charge in [0.15, 0.2) is 0 Å². The topological polar surface area (TPSA) is 244 Å². The zero-order chi connectivity index (χ0) is 51.4. The van der Waals surface area contributed by atoms with Crippen LogP contribution in [0.25, 0.3) is 11.1 Å². The van der Waals surface area contributed by atoms with Gasteiger partial charge >= 0.3 is 5.97 Å². The molecule has 70 heavy (non-hydrogen) atoms. The fourth-order valence-corrected chi connectivity index (χ4v) is 8.39. The molecule has 5 amide bonds. The summed E-state index contributed by atoms with van der Waals surface area (Å²) >= 11 is 0. The fraction of sp³-hybridized carbons (Fsp3) is 0.560. The number of benzene rings is 2. The van der Waals surface area contributed by atoms with Gasteiger partial charge < -0.3 is 60.5 Å². The summed E-state index contributed by atoms with van der Waals surface area (Å²) in [7, 11) is 0. The Balaban J connectivity index is 1.41. The van der Waals surface area contributed by atoms with Crippen LogP contribution in [0, 0.1) is 23.0 Å². The second kappa shape index (κ2) is 28.1. The van der Waals surface area contributed by atoms with Crippen LogP contribution in [0.15, 0.2) is 60.8 Å².